The summed E-state index contributed by atoms with van der Waals surface area (Å²) in [6.45, 7) is 5.07. The first-order valence-corrected chi connectivity index (χ1v) is 9.40. The maximum atomic E-state index is 12.0. The van der Waals surface area contributed by atoms with E-state index in [2.05, 4.69) is 11.0 Å². The number of anilines is 2. The predicted molar refractivity (Wildman–Crippen MR) is 111 cm³/mol. The minimum Gasteiger partial charge on any atom is -0.493 e. The number of ether oxygens (including phenoxy) is 2. The number of morpholine rings is 1. The number of para-hydroxylation sites is 1. The topological polar surface area (TPSA) is 65.8 Å². The van der Waals surface area contributed by atoms with Gasteiger partial charge in [-0.2, -0.15) is 5.26 Å². The van der Waals surface area contributed by atoms with Crippen LogP contribution in [0, 0.1) is 11.3 Å². The number of carbonyl (C=O) groups excluding carboxylic acids is 1. The molecule has 1 fully saturated rings. The van der Waals surface area contributed by atoms with Crippen LogP contribution >= 0.6 is 0 Å². The largest absolute Gasteiger partial charge is 0.493 e. The van der Waals surface area contributed by atoms with Crippen molar-refractivity contribution >= 4 is 17.7 Å². The smallest absolute Gasteiger partial charge is 0.150 e. The molecule has 1 saturated heterocycles. The highest BCUT2D eigenvalue weighted by molar-refractivity contribution is 6.02. The molecule has 0 aromatic heterocycles. The van der Waals surface area contributed by atoms with Crippen molar-refractivity contribution in [2.45, 2.75) is 6.92 Å². The van der Waals surface area contributed by atoms with Gasteiger partial charge in [-0.1, -0.05) is 18.2 Å². The monoisotopic (exact) mass is 379 g/mol. The van der Waals surface area contributed by atoms with Crippen molar-refractivity contribution < 1.29 is 14.3 Å². The lowest BCUT2D eigenvalue weighted by atomic mass is 9.92. The minimum atomic E-state index is 0.476. The van der Waals surface area contributed by atoms with E-state index in [0.29, 0.717) is 49.8 Å². The molecule has 1 aliphatic rings. The number of nitriles is 1. The van der Waals surface area contributed by atoms with Gasteiger partial charge < -0.3 is 19.3 Å². The first kappa shape index (κ1) is 19.7. The maximum Gasteiger partial charge on any atom is 0.150 e. The van der Waals surface area contributed by atoms with Crippen molar-refractivity contribution in [1.29, 1.82) is 5.26 Å². The third kappa shape index (κ3) is 3.67. The van der Waals surface area contributed by atoms with Crippen molar-refractivity contribution in [3.63, 3.8) is 0 Å². The number of benzene rings is 2. The summed E-state index contributed by atoms with van der Waals surface area (Å²) in [6.07, 6.45) is 0.814. The van der Waals surface area contributed by atoms with Crippen LogP contribution in [0.2, 0.25) is 0 Å². The summed E-state index contributed by atoms with van der Waals surface area (Å²) in [6, 6.07) is 11.7. The highest BCUT2D eigenvalue weighted by Gasteiger charge is 2.27. The molecule has 1 aliphatic heterocycles. The van der Waals surface area contributed by atoms with Crippen molar-refractivity contribution in [3.8, 4) is 22.9 Å². The molecule has 0 saturated carbocycles. The molecule has 2 aromatic rings. The molecule has 0 radical (unpaired) electrons. The van der Waals surface area contributed by atoms with Gasteiger partial charge in [0.25, 0.3) is 0 Å². The molecule has 0 unspecified atom stereocenters. The normalized spacial score (nSPS) is 13.7. The van der Waals surface area contributed by atoms with E-state index in [1.165, 1.54) is 0 Å². The Morgan fingerprint density at radius 2 is 2.00 bits per heavy atom. The van der Waals surface area contributed by atoms with Gasteiger partial charge in [-0.3, -0.25) is 4.79 Å². The molecule has 6 heteroatoms. The highest BCUT2D eigenvalue weighted by atomic mass is 16.5. The number of hydrogen-bond acceptors (Lipinski definition) is 6. The average molecular weight is 379 g/mol. The van der Waals surface area contributed by atoms with E-state index in [0.717, 1.165) is 28.8 Å². The van der Waals surface area contributed by atoms with Crippen molar-refractivity contribution in [3.05, 3.63) is 41.5 Å². The number of hydrogen-bond donors (Lipinski definition) is 0. The standard InChI is InChI=1S/C22H25N3O3/c1-4-28-19-8-6-5-7-18(19)20-17(15-26)13-16(14-23)21(22(20)24(2)3)25-9-11-27-12-10-25/h5-8,13,15H,4,9-12H2,1-3H3. The van der Waals surface area contributed by atoms with Crippen LogP contribution in [0.15, 0.2) is 30.3 Å². The first-order valence-electron chi connectivity index (χ1n) is 9.40. The van der Waals surface area contributed by atoms with Gasteiger partial charge in [0.1, 0.15) is 11.8 Å². The number of carbonyl (C=O) groups is 1. The average Bonchev–Trinajstić information content (AvgIpc) is 2.73. The van der Waals surface area contributed by atoms with Gasteiger partial charge in [0, 0.05) is 43.9 Å². The molecular weight excluding hydrogens is 354 g/mol. The lowest BCUT2D eigenvalue weighted by molar-refractivity contribution is 0.112. The zero-order valence-corrected chi connectivity index (χ0v) is 16.6. The molecule has 0 spiro atoms. The lowest BCUT2D eigenvalue weighted by Gasteiger charge is -2.34. The summed E-state index contributed by atoms with van der Waals surface area (Å²) < 4.78 is 11.3. The molecular formula is C22H25N3O3. The van der Waals surface area contributed by atoms with E-state index in [1.54, 1.807) is 6.07 Å². The van der Waals surface area contributed by atoms with Crippen LogP contribution in [-0.2, 0) is 4.74 Å². The second kappa shape index (κ2) is 8.77. The van der Waals surface area contributed by atoms with Gasteiger partial charge in [-0.15, -0.1) is 0 Å². The van der Waals surface area contributed by atoms with Crippen LogP contribution in [0.3, 0.4) is 0 Å². The Morgan fingerprint density at radius 3 is 2.61 bits per heavy atom. The zero-order chi connectivity index (χ0) is 20.1. The van der Waals surface area contributed by atoms with Gasteiger partial charge in [0.15, 0.2) is 6.29 Å². The van der Waals surface area contributed by atoms with Gasteiger partial charge in [-0.25, -0.2) is 0 Å². The molecule has 3 rings (SSSR count). The third-order valence-electron chi connectivity index (χ3n) is 4.78. The second-order valence-corrected chi connectivity index (χ2v) is 6.74. The van der Waals surface area contributed by atoms with Crippen LogP contribution in [0.1, 0.15) is 22.8 Å². The molecule has 6 nitrogen and oxygen atoms in total. The fourth-order valence-electron chi connectivity index (χ4n) is 3.64. The fraction of sp³-hybridized carbons (Fsp3) is 0.364. The van der Waals surface area contributed by atoms with E-state index in [9.17, 15) is 10.1 Å². The third-order valence-corrected chi connectivity index (χ3v) is 4.78. The lowest BCUT2D eigenvalue weighted by Crippen LogP contribution is -2.37. The van der Waals surface area contributed by atoms with Crippen LogP contribution in [0.5, 0.6) is 5.75 Å². The Balaban J connectivity index is 2.36. The number of nitrogens with zero attached hydrogens (tertiary/aromatic N) is 3. The van der Waals surface area contributed by atoms with Gasteiger partial charge in [-0.05, 0) is 19.1 Å². The van der Waals surface area contributed by atoms with E-state index >= 15 is 0 Å². The summed E-state index contributed by atoms with van der Waals surface area (Å²) in [5, 5.41) is 9.81. The molecule has 0 N–H and O–H groups in total. The van der Waals surface area contributed by atoms with Crippen molar-refractivity contribution in [1.82, 2.24) is 0 Å². The zero-order valence-electron chi connectivity index (χ0n) is 16.6. The van der Waals surface area contributed by atoms with E-state index in [1.807, 2.05) is 50.2 Å². The van der Waals surface area contributed by atoms with Crippen LogP contribution < -0.4 is 14.5 Å². The van der Waals surface area contributed by atoms with Crippen LogP contribution in [0.25, 0.3) is 11.1 Å². The van der Waals surface area contributed by atoms with E-state index < -0.39 is 0 Å². The minimum absolute atomic E-state index is 0.476. The summed E-state index contributed by atoms with van der Waals surface area (Å²) in [5.74, 6) is 0.717. The van der Waals surface area contributed by atoms with Gasteiger partial charge >= 0.3 is 0 Å². The first-order chi connectivity index (χ1) is 13.6. The molecule has 0 amide bonds. The maximum absolute atomic E-state index is 12.0. The molecule has 28 heavy (non-hydrogen) atoms. The van der Waals surface area contributed by atoms with Gasteiger partial charge in [0.2, 0.25) is 0 Å². The quantitative estimate of drug-likeness (QED) is 0.717. The molecule has 0 bridgehead atoms. The van der Waals surface area contributed by atoms with E-state index in [-0.39, 0.29) is 0 Å². The van der Waals surface area contributed by atoms with Crippen molar-refractivity contribution in [2.75, 3.05) is 56.8 Å². The fourth-order valence-corrected chi connectivity index (χ4v) is 3.64. The van der Waals surface area contributed by atoms with Crippen LogP contribution in [0.4, 0.5) is 11.4 Å². The molecule has 2 aromatic carbocycles. The Labute approximate surface area is 165 Å². The Morgan fingerprint density at radius 1 is 1.29 bits per heavy atom. The predicted octanol–water partition coefficient (Wildman–Crippen LogP) is 3.34. The summed E-state index contributed by atoms with van der Waals surface area (Å²) in [4.78, 5) is 16.1. The SMILES string of the molecule is CCOc1ccccc1-c1c(C=O)cc(C#N)c(N2CCOCC2)c1N(C)C. The van der Waals surface area contributed by atoms with Crippen LogP contribution in [-0.4, -0.2) is 53.3 Å². The van der Waals surface area contributed by atoms with Gasteiger partial charge in [0.05, 0.1) is 36.8 Å². The van der Waals surface area contributed by atoms with E-state index in [4.69, 9.17) is 9.47 Å². The summed E-state index contributed by atoms with van der Waals surface area (Å²) in [7, 11) is 3.86. The molecule has 0 aliphatic carbocycles. The highest BCUT2D eigenvalue weighted by Crippen LogP contribution is 2.45. The summed E-state index contributed by atoms with van der Waals surface area (Å²) >= 11 is 0. The molecule has 1 heterocycles. The number of aldehydes is 1. The second-order valence-electron chi connectivity index (χ2n) is 6.74. The Hall–Kier alpha value is -3.04. The van der Waals surface area contributed by atoms with Crippen molar-refractivity contribution in [2.24, 2.45) is 0 Å². The summed E-state index contributed by atoms with van der Waals surface area (Å²) in [5.41, 5.74) is 4.27. The number of rotatable bonds is 6. The molecule has 0 atom stereocenters. The Kier molecular flexibility index (Phi) is 6.17. The Bertz CT molecular complexity index is 897. The molecule has 146 valence electrons.